The zero-order valence-corrected chi connectivity index (χ0v) is 11.8. The second-order valence-electron chi connectivity index (χ2n) is 5.33. The van der Waals surface area contributed by atoms with Crippen molar-refractivity contribution in [2.75, 3.05) is 6.61 Å². The Bertz CT molecular complexity index is 659. The van der Waals surface area contributed by atoms with Crippen LogP contribution in [0.25, 0.3) is 0 Å². The van der Waals surface area contributed by atoms with E-state index in [2.05, 4.69) is 0 Å². The Morgan fingerprint density at radius 3 is 2.50 bits per heavy atom. The number of ether oxygens (including phenoxy) is 1. The van der Waals surface area contributed by atoms with E-state index in [1.54, 1.807) is 0 Å². The molecule has 2 rings (SSSR count). The number of rotatable bonds is 2. The SMILES string of the molecule is CC1(C)OCC(=O)N(C(=O)O)C1C(=O)c1ccc(F)c(F)c1. The molecule has 1 fully saturated rings. The average Bonchev–Trinajstić information content (AvgIpc) is 2.43. The summed E-state index contributed by atoms with van der Waals surface area (Å²) in [5.41, 5.74) is -1.55. The van der Waals surface area contributed by atoms with Crippen LogP contribution in [0.3, 0.4) is 0 Å². The molecule has 0 aliphatic carbocycles. The molecular formula is C14H13F2NO5. The molecule has 22 heavy (non-hydrogen) atoms. The van der Waals surface area contributed by atoms with Gasteiger partial charge in [0.05, 0.1) is 5.60 Å². The predicted molar refractivity (Wildman–Crippen MR) is 69.4 cm³/mol. The Balaban J connectivity index is 2.48. The van der Waals surface area contributed by atoms with Gasteiger partial charge in [0.25, 0.3) is 5.91 Å². The molecule has 8 heteroatoms. The monoisotopic (exact) mass is 313 g/mol. The van der Waals surface area contributed by atoms with Crippen LogP contribution in [0.2, 0.25) is 0 Å². The summed E-state index contributed by atoms with van der Waals surface area (Å²) < 4.78 is 31.5. The Morgan fingerprint density at radius 1 is 1.32 bits per heavy atom. The largest absolute Gasteiger partial charge is 0.465 e. The Hall–Kier alpha value is -2.35. The Kier molecular flexibility index (Phi) is 3.97. The van der Waals surface area contributed by atoms with Crippen molar-refractivity contribution in [1.29, 1.82) is 0 Å². The summed E-state index contributed by atoms with van der Waals surface area (Å²) in [4.78, 5) is 35.9. The van der Waals surface area contributed by atoms with Crippen LogP contribution >= 0.6 is 0 Å². The molecular weight excluding hydrogens is 300 g/mol. The van der Waals surface area contributed by atoms with Crippen LogP contribution in [0.15, 0.2) is 18.2 Å². The fraction of sp³-hybridized carbons (Fsp3) is 0.357. The summed E-state index contributed by atoms with van der Waals surface area (Å²) >= 11 is 0. The van der Waals surface area contributed by atoms with Crippen LogP contribution in [0.5, 0.6) is 0 Å². The maximum absolute atomic E-state index is 13.3. The van der Waals surface area contributed by atoms with Crippen LogP contribution in [0.1, 0.15) is 24.2 Å². The number of carbonyl (C=O) groups excluding carboxylic acids is 2. The van der Waals surface area contributed by atoms with Crippen molar-refractivity contribution in [2.24, 2.45) is 0 Å². The summed E-state index contributed by atoms with van der Waals surface area (Å²) in [5.74, 6) is -4.12. The number of hydrogen-bond donors (Lipinski definition) is 1. The van der Waals surface area contributed by atoms with E-state index >= 15 is 0 Å². The standard InChI is InChI=1S/C14H13F2NO5/c1-14(2)12(17(13(20)21)10(18)6-22-14)11(19)7-3-4-8(15)9(16)5-7/h3-5,12H,6H2,1-2H3,(H,20,21). The lowest BCUT2D eigenvalue weighted by Crippen LogP contribution is -2.64. The van der Waals surface area contributed by atoms with Gasteiger partial charge in [0, 0.05) is 5.56 Å². The number of carboxylic acid groups (broad SMARTS) is 1. The molecule has 1 aliphatic heterocycles. The summed E-state index contributed by atoms with van der Waals surface area (Å²) in [6.45, 7) is 2.40. The highest BCUT2D eigenvalue weighted by Gasteiger charge is 2.49. The van der Waals surface area contributed by atoms with E-state index in [0.717, 1.165) is 12.1 Å². The van der Waals surface area contributed by atoms with E-state index in [4.69, 9.17) is 9.84 Å². The molecule has 1 saturated heterocycles. The van der Waals surface area contributed by atoms with Crippen LogP contribution < -0.4 is 0 Å². The minimum Gasteiger partial charge on any atom is -0.465 e. The molecule has 1 heterocycles. The van der Waals surface area contributed by atoms with Crippen molar-refractivity contribution in [2.45, 2.75) is 25.5 Å². The van der Waals surface area contributed by atoms with Crippen LogP contribution in [-0.2, 0) is 9.53 Å². The van der Waals surface area contributed by atoms with E-state index in [0.29, 0.717) is 11.0 Å². The first-order valence-corrected chi connectivity index (χ1v) is 6.33. The van der Waals surface area contributed by atoms with Gasteiger partial charge in [-0.05, 0) is 32.0 Å². The topological polar surface area (TPSA) is 83.9 Å². The van der Waals surface area contributed by atoms with Gasteiger partial charge in [-0.2, -0.15) is 0 Å². The van der Waals surface area contributed by atoms with Crippen molar-refractivity contribution in [3.05, 3.63) is 35.4 Å². The van der Waals surface area contributed by atoms with E-state index < -0.39 is 47.7 Å². The molecule has 0 bridgehead atoms. The van der Waals surface area contributed by atoms with E-state index in [9.17, 15) is 23.2 Å². The highest BCUT2D eigenvalue weighted by molar-refractivity contribution is 6.07. The molecule has 1 atom stereocenters. The number of morpholine rings is 1. The first-order chi connectivity index (χ1) is 10.1. The lowest BCUT2D eigenvalue weighted by Gasteiger charge is -2.42. The fourth-order valence-electron chi connectivity index (χ4n) is 2.31. The van der Waals surface area contributed by atoms with E-state index in [-0.39, 0.29) is 5.56 Å². The van der Waals surface area contributed by atoms with Gasteiger partial charge in [-0.15, -0.1) is 0 Å². The molecule has 1 aromatic carbocycles. The number of Topliss-reactive ketones (excluding diaryl/α,β-unsaturated/α-hetero) is 1. The lowest BCUT2D eigenvalue weighted by atomic mass is 9.88. The van der Waals surface area contributed by atoms with Crippen molar-refractivity contribution < 1.29 is 33.0 Å². The van der Waals surface area contributed by atoms with Gasteiger partial charge in [-0.1, -0.05) is 0 Å². The van der Waals surface area contributed by atoms with Gasteiger partial charge in [0.1, 0.15) is 12.6 Å². The molecule has 0 aromatic heterocycles. The zero-order chi connectivity index (χ0) is 16.7. The highest BCUT2D eigenvalue weighted by Crippen LogP contribution is 2.28. The van der Waals surface area contributed by atoms with Crippen LogP contribution in [-0.4, -0.2) is 46.0 Å². The Morgan fingerprint density at radius 2 is 1.95 bits per heavy atom. The number of nitrogens with zero attached hydrogens (tertiary/aromatic N) is 1. The normalized spacial score (nSPS) is 20.8. The van der Waals surface area contributed by atoms with Gasteiger partial charge >= 0.3 is 6.09 Å². The van der Waals surface area contributed by atoms with Gasteiger partial charge in [-0.3, -0.25) is 9.59 Å². The molecule has 118 valence electrons. The number of halogens is 2. The number of hydrogen-bond acceptors (Lipinski definition) is 4. The minimum atomic E-state index is -1.61. The van der Waals surface area contributed by atoms with Crippen LogP contribution in [0, 0.1) is 11.6 Å². The molecule has 1 aliphatic rings. The third kappa shape index (κ3) is 2.69. The number of imide groups is 1. The summed E-state index contributed by atoms with van der Waals surface area (Å²) in [7, 11) is 0. The Labute approximate surface area is 124 Å². The molecule has 1 unspecified atom stereocenters. The molecule has 0 radical (unpaired) electrons. The van der Waals surface area contributed by atoms with Gasteiger partial charge in [0.15, 0.2) is 17.4 Å². The second-order valence-corrected chi connectivity index (χ2v) is 5.33. The lowest BCUT2D eigenvalue weighted by molar-refractivity contribution is -0.161. The van der Waals surface area contributed by atoms with Crippen molar-refractivity contribution >= 4 is 17.8 Å². The molecule has 6 nitrogen and oxygen atoms in total. The third-order valence-electron chi connectivity index (χ3n) is 3.41. The molecule has 1 N–H and O–H groups in total. The fourth-order valence-corrected chi connectivity index (χ4v) is 2.31. The van der Waals surface area contributed by atoms with Gasteiger partial charge < -0.3 is 9.84 Å². The first kappa shape index (κ1) is 16.0. The zero-order valence-electron chi connectivity index (χ0n) is 11.8. The van der Waals surface area contributed by atoms with E-state index in [1.165, 1.54) is 13.8 Å². The van der Waals surface area contributed by atoms with E-state index in [1.807, 2.05) is 0 Å². The summed E-state index contributed by atoms with van der Waals surface area (Å²) in [6.07, 6.45) is -1.61. The smallest absolute Gasteiger partial charge is 0.414 e. The highest BCUT2D eigenvalue weighted by atomic mass is 19.2. The first-order valence-electron chi connectivity index (χ1n) is 6.33. The number of carbonyl (C=O) groups is 3. The molecule has 2 amide bonds. The predicted octanol–water partition coefficient (Wildman–Crippen LogP) is 1.83. The number of amides is 2. The minimum absolute atomic E-state index is 0.249. The molecule has 1 aromatic rings. The summed E-state index contributed by atoms with van der Waals surface area (Å²) in [5, 5.41) is 9.17. The molecule has 0 saturated carbocycles. The average molecular weight is 313 g/mol. The maximum atomic E-state index is 13.3. The van der Waals surface area contributed by atoms with Gasteiger partial charge in [0.2, 0.25) is 0 Å². The quantitative estimate of drug-likeness (QED) is 0.842. The number of benzene rings is 1. The van der Waals surface area contributed by atoms with Gasteiger partial charge in [-0.25, -0.2) is 18.5 Å². The van der Waals surface area contributed by atoms with Crippen molar-refractivity contribution in [3.63, 3.8) is 0 Å². The number of ketones is 1. The second kappa shape index (κ2) is 5.45. The maximum Gasteiger partial charge on any atom is 0.414 e. The van der Waals surface area contributed by atoms with Crippen molar-refractivity contribution in [3.8, 4) is 0 Å². The van der Waals surface area contributed by atoms with Crippen molar-refractivity contribution in [1.82, 2.24) is 4.90 Å². The third-order valence-corrected chi connectivity index (χ3v) is 3.41. The molecule has 0 spiro atoms. The summed E-state index contributed by atoms with van der Waals surface area (Å²) in [6, 6.07) is 0.950. The van der Waals surface area contributed by atoms with Crippen LogP contribution in [0.4, 0.5) is 13.6 Å².